The fourth-order valence-corrected chi connectivity index (χ4v) is 2.36. The van der Waals surface area contributed by atoms with Crippen LogP contribution in [0, 0.1) is 6.92 Å². The van der Waals surface area contributed by atoms with Gasteiger partial charge in [-0.05, 0) is 32.4 Å². The molecule has 5 nitrogen and oxygen atoms in total. The van der Waals surface area contributed by atoms with E-state index in [1.807, 2.05) is 40.7 Å². The van der Waals surface area contributed by atoms with Crippen LogP contribution in [0.5, 0.6) is 0 Å². The second-order valence-corrected chi connectivity index (χ2v) is 5.42. The summed E-state index contributed by atoms with van der Waals surface area (Å²) in [5.74, 6) is 0.428. The first-order chi connectivity index (χ1) is 13.5. The average Bonchev–Trinajstić information content (AvgIpc) is 2.74. The van der Waals surface area contributed by atoms with Gasteiger partial charge in [0, 0.05) is 22.9 Å². The zero-order valence-corrected chi connectivity index (χ0v) is 18.1. The highest BCUT2D eigenvalue weighted by atomic mass is 16.5. The first-order valence-electron chi connectivity index (χ1n) is 9.69. The third-order valence-corrected chi connectivity index (χ3v) is 3.73. The molecule has 0 fully saturated rings. The minimum atomic E-state index is -0.412. The van der Waals surface area contributed by atoms with Gasteiger partial charge in [0.05, 0.1) is 12.7 Å². The quantitative estimate of drug-likeness (QED) is 0.859. The Hall–Kier alpha value is -2.82. The van der Waals surface area contributed by atoms with Gasteiger partial charge in [-0.25, -0.2) is 4.79 Å². The van der Waals surface area contributed by atoms with E-state index in [2.05, 4.69) is 11.9 Å². The molecule has 0 saturated heterocycles. The van der Waals surface area contributed by atoms with Gasteiger partial charge in [0.15, 0.2) is 0 Å². The first kappa shape index (κ1) is 25.2. The summed E-state index contributed by atoms with van der Waals surface area (Å²) in [5, 5.41) is 3.48. The van der Waals surface area contributed by atoms with Gasteiger partial charge < -0.3 is 14.5 Å². The van der Waals surface area contributed by atoms with Crippen LogP contribution in [0.25, 0.3) is 12.7 Å². The average molecular weight is 388 g/mol. The molecule has 1 amide bonds. The molecule has 0 radical (unpaired) electrons. The third-order valence-electron chi connectivity index (χ3n) is 3.73. The van der Waals surface area contributed by atoms with Crippen LogP contribution in [0.15, 0.2) is 50.5 Å². The number of rotatable bonds is 4. The van der Waals surface area contributed by atoms with Gasteiger partial charge in [-0.15, -0.1) is 0 Å². The van der Waals surface area contributed by atoms with Gasteiger partial charge in [-0.1, -0.05) is 52.5 Å². The van der Waals surface area contributed by atoms with Gasteiger partial charge in [-0.3, -0.25) is 4.79 Å². The summed E-state index contributed by atoms with van der Waals surface area (Å²) in [6.07, 6.45) is 8.75. The molecule has 0 bridgehead atoms. The Balaban J connectivity index is 0.00000171. The molecule has 0 unspecified atom stereocenters. The molecule has 0 aromatic carbocycles. The molecular weight excluding hydrogens is 354 g/mol. The number of aryl methyl sites for hydroxylation is 1. The van der Waals surface area contributed by atoms with Crippen LogP contribution in [-0.4, -0.2) is 13.0 Å². The molecule has 5 heteroatoms. The number of allylic oxidation sites excluding steroid dienone is 4. The molecule has 0 saturated carbocycles. The Kier molecular flexibility index (Phi) is 12.0. The second kappa shape index (κ2) is 13.4. The van der Waals surface area contributed by atoms with Crippen molar-refractivity contribution in [3.05, 3.63) is 67.9 Å². The fraction of sp³-hybridized carbons (Fsp3) is 0.391. The lowest BCUT2D eigenvalue weighted by atomic mass is 10.0. The number of ether oxygens (including phenoxy) is 1. The minimum Gasteiger partial charge on any atom is -0.500 e. The van der Waals surface area contributed by atoms with Gasteiger partial charge in [0.25, 0.3) is 5.91 Å². The maximum Gasteiger partial charge on any atom is 0.339 e. The van der Waals surface area contributed by atoms with Crippen LogP contribution < -0.4 is 21.6 Å². The number of hydrogen-bond donors (Lipinski definition) is 1. The van der Waals surface area contributed by atoms with Crippen molar-refractivity contribution in [1.29, 1.82) is 0 Å². The van der Waals surface area contributed by atoms with E-state index in [9.17, 15) is 9.59 Å². The van der Waals surface area contributed by atoms with E-state index in [0.29, 0.717) is 34.2 Å². The fourth-order valence-electron chi connectivity index (χ4n) is 2.36. The molecule has 0 atom stereocenters. The maximum absolute atomic E-state index is 12.5. The summed E-state index contributed by atoms with van der Waals surface area (Å²) in [7, 11) is 1.56. The van der Waals surface area contributed by atoms with Crippen molar-refractivity contribution in [1.82, 2.24) is 5.32 Å². The van der Waals surface area contributed by atoms with Gasteiger partial charge >= 0.3 is 5.63 Å². The van der Waals surface area contributed by atoms with Crippen molar-refractivity contribution in [2.45, 2.75) is 54.4 Å². The highest BCUT2D eigenvalue weighted by molar-refractivity contribution is 5.98. The summed E-state index contributed by atoms with van der Waals surface area (Å²) < 4.78 is 10.3. The molecule has 1 aromatic rings. The normalized spacial score (nSPS) is 13.8. The number of methoxy groups -OCH3 is 1. The summed E-state index contributed by atoms with van der Waals surface area (Å²) >= 11 is 0. The third kappa shape index (κ3) is 7.06. The summed E-state index contributed by atoms with van der Waals surface area (Å²) in [6.45, 7) is 15.2. The Morgan fingerprint density at radius 1 is 1.29 bits per heavy atom. The Labute approximate surface area is 167 Å². The van der Waals surface area contributed by atoms with E-state index < -0.39 is 5.63 Å². The molecule has 28 heavy (non-hydrogen) atoms. The number of carbonyl (C=O) groups excluding carboxylic acids is 1. The molecule has 1 aliphatic carbocycles. The Morgan fingerprint density at radius 2 is 1.93 bits per heavy atom. The number of nitrogens with one attached hydrogen (secondary N) is 1. The van der Waals surface area contributed by atoms with Crippen molar-refractivity contribution in [3.8, 4) is 0 Å². The number of amides is 1. The van der Waals surface area contributed by atoms with Gasteiger partial charge in [0.1, 0.15) is 11.2 Å². The molecular formula is C23H33NO4. The lowest BCUT2D eigenvalue weighted by molar-refractivity contribution is -0.116. The summed E-state index contributed by atoms with van der Waals surface area (Å²) in [6, 6.07) is 1.68. The predicted molar refractivity (Wildman–Crippen MR) is 116 cm³/mol. The van der Waals surface area contributed by atoms with Crippen LogP contribution in [0.2, 0.25) is 0 Å². The number of hydrogen-bond acceptors (Lipinski definition) is 4. The number of carbonyl (C=O) groups is 1. The molecule has 1 aromatic heterocycles. The van der Waals surface area contributed by atoms with Crippen molar-refractivity contribution in [2.24, 2.45) is 0 Å². The van der Waals surface area contributed by atoms with Crippen LogP contribution >= 0.6 is 0 Å². The van der Waals surface area contributed by atoms with Crippen molar-refractivity contribution in [2.75, 3.05) is 7.11 Å². The lowest BCUT2D eigenvalue weighted by Gasteiger charge is -2.14. The Bertz CT molecular complexity index is 902. The van der Waals surface area contributed by atoms with E-state index >= 15 is 0 Å². The minimum absolute atomic E-state index is 0.244. The zero-order valence-electron chi connectivity index (χ0n) is 18.1. The molecule has 1 heterocycles. The molecule has 0 aliphatic heterocycles. The molecule has 2 rings (SSSR count). The van der Waals surface area contributed by atoms with E-state index in [4.69, 9.17) is 9.15 Å². The highest BCUT2D eigenvalue weighted by Crippen LogP contribution is 2.19. The molecule has 1 N–H and O–H groups in total. The SMILES string of the molecule is C=c1oc(=O)c(C)c/c1=C/C(=C\C)NC(=O)C1=C(OC)CCC=C1.CC.CC. The van der Waals surface area contributed by atoms with E-state index in [0.717, 1.165) is 6.42 Å². The van der Waals surface area contributed by atoms with Crippen LogP contribution in [0.1, 0.15) is 53.0 Å². The summed E-state index contributed by atoms with van der Waals surface area (Å²) in [4.78, 5) is 24.0. The molecule has 0 spiro atoms. The lowest BCUT2D eigenvalue weighted by Crippen LogP contribution is -2.31. The second-order valence-electron chi connectivity index (χ2n) is 5.42. The Morgan fingerprint density at radius 3 is 2.50 bits per heavy atom. The van der Waals surface area contributed by atoms with Crippen LogP contribution in [0.4, 0.5) is 0 Å². The highest BCUT2D eigenvalue weighted by Gasteiger charge is 2.16. The van der Waals surface area contributed by atoms with Crippen molar-refractivity contribution in [3.63, 3.8) is 0 Å². The van der Waals surface area contributed by atoms with E-state index in [-0.39, 0.29) is 11.3 Å². The zero-order chi connectivity index (χ0) is 21.7. The predicted octanol–water partition coefficient (Wildman–Crippen LogP) is 3.46. The molecule has 154 valence electrons. The van der Waals surface area contributed by atoms with Crippen molar-refractivity contribution < 1.29 is 13.9 Å². The van der Waals surface area contributed by atoms with E-state index in [1.54, 1.807) is 38.3 Å². The molecule has 1 aliphatic rings. The standard InChI is InChI=1S/C19H21NO4.2C2H6/c1-5-15(11-14-10-12(2)19(22)24-13(14)3)20-18(21)16-8-6-7-9-17(16)23-4;2*1-2/h5-6,8,10-11H,3,7,9H2,1-2,4H3,(H,20,21);2*1-2H3/b14-11-,15-5+;;. The first-order valence-corrected chi connectivity index (χ1v) is 9.69. The van der Waals surface area contributed by atoms with E-state index in [1.165, 1.54) is 0 Å². The van der Waals surface area contributed by atoms with Gasteiger partial charge in [0.2, 0.25) is 0 Å². The van der Waals surface area contributed by atoms with Crippen LogP contribution in [-0.2, 0) is 9.53 Å². The van der Waals surface area contributed by atoms with Crippen molar-refractivity contribution >= 4 is 18.6 Å². The summed E-state index contributed by atoms with van der Waals surface area (Å²) in [5.41, 5.74) is 1.43. The largest absolute Gasteiger partial charge is 0.500 e. The smallest absolute Gasteiger partial charge is 0.339 e. The van der Waals surface area contributed by atoms with Crippen LogP contribution in [0.3, 0.4) is 0 Å². The monoisotopic (exact) mass is 387 g/mol. The maximum atomic E-state index is 12.5. The topological polar surface area (TPSA) is 68.5 Å². The van der Waals surface area contributed by atoms with Gasteiger partial charge in [-0.2, -0.15) is 0 Å².